The number of ether oxygens (including phenoxy) is 1. The predicted octanol–water partition coefficient (Wildman–Crippen LogP) is 2.61. The lowest BCUT2D eigenvalue weighted by atomic mass is 10.1. The molecular weight excluding hydrogens is 424 g/mol. The maximum atomic E-state index is 12.7. The molecule has 1 saturated heterocycles. The van der Waals surface area contributed by atoms with E-state index in [1.165, 1.54) is 0 Å². The van der Waals surface area contributed by atoms with Gasteiger partial charge in [0.25, 0.3) is 5.91 Å². The number of aliphatic hydroxyl groups is 1. The Morgan fingerprint density at radius 1 is 1.18 bits per heavy atom. The molecule has 1 aliphatic heterocycles. The Morgan fingerprint density at radius 3 is 2.61 bits per heavy atom. The van der Waals surface area contributed by atoms with Crippen LogP contribution in [0.15, 0.2) is 59.1 Å². The van der Waals surface area contributed by atoms with Gasteiger partial charge in [-0.15, -0.1) is 0 Å². The summed E-state index contributed by atoms with van der Waals surface area (Å²) in [6.07, 6.45) is 0.561. The van der Waals surface area contributed by atoms with Gasteiger partial charge in [-0.25, -0.2) is 0 Å². The molecule has 7 heteroatoms. The Labute approximate surface area is 172 Å². The predicted molar refractivity (Wildman–Crippen MR) is 109 cm³/mol. The monoisotopic (exact) mass is 446 g/mol. The molecule has 0 aromatic heterocycles. The SMILES string of the molecule is O=C(NCC(O)COc1ccccc1)C1CCCN1C(=O)c1ccc(Br)cc1. The van der Waals surface area contributed by atoms with Gasteiger partial charge in [-0.2, -0.15) is 0 Å². The molecule has 2 atom stereocenters. The maximum absolute atomic E-state index is 12.7. The third-order valence-electron chi connectivity index (χ3n) is 4.60. The highest BCUT2D eigenvalue weighted by Gasteiger charge is 2.34. The van der Waals surface area contributed by atoms with Crippen LogP contribution in [0.4, 0.5) is 0 Å². The fourth-order valence-electron chi connectivity index (χ4n) is 3.14. The minimum atomic E-state index is -0.832. The van der Waals surface area contributed by atoms with Crippen LogP contribution in [0, 0.1) is 0 Å². The zero-order chi connectivity index (χ0) is 19.9. The number of aliphatic hydroxyl groups excluding tert-OH is 1. The average Bonchev–Trinajstić information content (AvgIpc) is 3.21. The molecule has 1 heterocycles. The van der Waals surface area contributed by atoms with Gasteiger partial charge in [-0.3, -0.25) is 9.59 Å². The Morgan fingerprint density at radius 2 is 1.89 bits per heavy atom. The van der Waals surface area contributed by atoms with Crippen LogP contribution in [-0.4, -0.2) is 53.7 Å². The zero-order valence-corrected chi connectivity index (χ0v) is 17.0. The first kappa shape index (κ1) is 20.4. The smallest absolute Gasteiger partial charge is 0.254 e. The Bertz CT molecular complexity index is 798. The largest absolute Gasteiger partial charge is 0.491 e. The molecule has 0 bridgehead atoms. The number of likely N-dealkylation sites (tertiary alicyclic amines) is 1. The topological polar surface area (TPSA) is 78.9 Å². The highest BCUT2D eigenvalue weighted by atomic mass is 79.9. The molecule has 0 radical (unpaired) electrons. The minimum Gasteiger partial charge on any atom is -0.491 e. The van der Waals surface area contributed by atoms with E-state index in [0.717, 1.165) is 10.9 Å². The van der Waals surface area contributed by atoms with Gasteiger partial charge >= 0.3 is 0 Å². The molecule has 0 aliphatic carbocycles. The molecule has 3 rings (SSSR count). The number of nitrogens with one attached hydrogen (secondary N) is 1. The third-order valence-corrected chi connectivity index (χ3v) is 5.13. The summed E-state index contributed by atoms with van der Waals surface area (Å²) in [5.41, 5.74) is 0.555. The molecule has 28 heavy (non-hydrogen) atoms. The molecule has 2 aromatic carbocycles. The van der Waals surface area contributed by atoms with Crippen LogP contribution < -0.4 is 10.1 Å². The van der Waals surface area contributed by atoms with Crippen molar-refractivity contribution in [3.8, 4) is 5.75 Å². The van der Waals surface area contributed by atoms with Crippen LogP contribution >= 0.6 is 15.9 Å². The van der Waals surface area contributed by atoms with E-state index >= 15 is 0 Å². The van der Waals surface area contributed by atoms with Gasteiger partial charge in [0.05, 0.1) is 0 Å². The van der Waals surface area contributed by atoms with E-state index in [-0.39, 0.29) is 25.0 Å². The minimum absolute atomic E-state index is 0.0719. The second-order valence-electron chi connectivity index (χ2n) is 6.69. The van der Waals surface area contributed by atoms with E-state index in [9.17, 15) is 14.7 Å². The van der Waals surface area contributed by atoms with Crippen molar-refractivity contribution in [3.63, 3.8) is 0 Å². The summed E-state index contributed by atoms with van der Waals surface area (Å²) >= 11 is 3.35. The lowest BCUT2D eigenvalue weighted by Gasteiger charge is -2.24. The van der Waals surface area contributed by atoms with Crippen molar-refractivity contribution in [1.82, 2.24) is 10.2 Å². The molecule has 0 saturated carbocycles. The summed E-state index contributed by atoms with van der Waals surface area (Å²) in [4.78, 5) is 26.9. The molecule has 1 fully saturated rings. The van der Waals surface area contributed by atoms with Crippen LogP contribution in [0.2, 0.25) is 0 Å². The Balaban J connectivity index is 1.50. The quantitative estimate of drug-likeness (QED) is 0.684. The summed E-state index contributed by atoms with van der Waals surface area (Å²) in [6.45, 7) is 0.700. The lowest BCUT2D eigenvalue weighted by Crippen LogP contribution is -2.48. The third kappa shape index (κ3) is 5.33. The van der Waals surface area contributed by atoms with Crippen LogP contribution in [-0.2, 0) is 4.79 Å². The summed E-state index contributed by atoms with van der Waals surface area (Å²) in [6, 6.07) is 15.8. The number of rotatable bonds is 7. The fourth-order valence-corrected chi connectivity index (χ4v) is 3.41. The van der Waals surface area contributed by atoms with Crippen molar-refractivity contribution in [2.45, 2.75) is 25.0 Å². The fraction of sp³-hybridized carbons (Fsp3) is 0.333. The van der Waals surface area contributed by atoms with Gasteiger partial charge in [0, 0.05) is 23.1 Å². The number of hydrogen-bond donors (Lipinski definition) is 2. The second-order valence-corrected chi connectivity index (χ2v) is 7.60. The number of nitrogens with zero attached hydrogens (tertiary/aromatic N) is 1. The number of carbonyl (C=O) groups is 2. The van der Waals surface area contributed by atoms with Gasteiger partial charge in [-0.05, 0) is 49.2 Å². The zero-order valence-electron chi connectivity index (χ0n) is 15.4. The number of amides is 2. The number of para-hydroxylation sites is 1. The van der Waals surface area contributed by atoms with Gasteiger partial charge in [0.1, 0.15) is 24.5 Å². The second kappa shape index (κ2) is 9.71. The lowest BCUT2D eigenvalue weighted by molar-refractivity contribution is -0.125. The molecule has 2 amide bonds. The van der Waals surface area contributed by atoms with Crippen molar-refractivity contribution >= 4 is 27.7 Å². The first-order valence-electron chi connectivity index (χ1n) is 9.25. The van der Waals surface area contributed by atoms with E-state index in [2.05, 4.69) is 21.2 Å². The summed E-state index contributed by atoms with van der Waals surface area (Å²) in [7, 11) is 0. The molecule has 2 unspecified atom stereocenters. The van der Waals surface area contributed by atoms with E-state index in [4.69, 9.17) is 4.74 Å². The van der Waals surface area contributed by atoms with Crippen LogP contribution in [0.25, 0.3) is 0 Å². The molecule has 1 aliphatic rings. The molecular formula is C21H23BrN2O4. The van der Waals surface area contributed by atoms with Crippen molar-refractivity contribution in [2.24, 2.45) is 0 Å². The Hall–Kier alpha value is -2.38. The number of hydrogen-bond acceptors (Lipinski definition) is 4. The van der Waals surface area contributed by atoms with Crippen molar-refractivity contribution in [3.05, 3.63) is 64.6 Å². The van der Waals surface area contributed by atoms with Crippen molar-refractivity contribution in [2.75, 3.05) is 19.7 Å². The molecule has 148 valence electrons. The molecule has 0 spiro atoms. The number of halogens is 1. The first-order valence-corrected chi connectivity index (χ1v) is 10.0. The summed E-state index contributed by atoms with van der Waals surface area (Å²) < 4.78 is 6.38. The standard InChI is InChI=1S/C21H23BrN2O4/c22-16-10-8-15(9-11-16)21(27)24-12-4-7-19(24)20(26)23-13-17(25)14-28-18-5-2-1-3-6-18/h1-3,5-6,8-11,17,19,25H,4,7,12-14H2,(H,23,26). The average molecular weight is 447 g/mol. The van der Waals surface area contributed by atoms with Gasteiger partial charge in [0.2, 0.25) is 5.91 Å². The van der Waals surface area contributed by atoms with Crippen LogP contribution in [0.5, 0.6) is 5.75 Å². The van der Waals surface area contributed by atoms with E-state index in [1.54, 1.807) is 29.2 Å². The Kier molecular flexibility index (Phi) is 7.06. The first-order chi connectivity index (χ1) is 13.5. The normalized spacial score (nSPS) is 17.2. The van der Waals surface area contributed by atoms with Crippen LogP contribution in [0.3, 0.4) is 0 Å². The summed E-state index contributed by atoms with van der Waals surface area (Å²) in [5, 5.41) is 12.8. The number of benzene rings is 2. The van der Waals surface area contributed by atoms with Crippen LogP contribution in [0.1, 0.15) is 23.2 Å². The highest BCUT2D eigenvalue weighted by molar-refractivity contribution is 9.10. The van der Waals surface area contributed by atoms with Gasteiger partial charge < -0.3 is 20.1 Å². The van der Waals surface area contributed by atoms with E-state index in [1.807, 2.05) is 30.3 Å². The van der Waals surface area contributed by atoms with E-state index in [0.29, 0.717) is 24.3 Å². The molecule has 2 N–H and O–H groups in total. The van der Waals surface area contributed by atoms with Crippen molar-refractivity contribution < 1.29 is 19.4 Å². The van der Waals surface area contributed by atoms with Crippen molar-refractivity contribution in [1.29, 1.82) is 0 Å². The molecule has 6 nitrogen and oxygen atoms in total. The number of carbonyl (C=O) groups excluding carboxylic acids is 2. The maximum Gasteiger partial charge on any atom is 0.254 e. The summed E-state index contributed by atoms with van der Waals surface area (Å²) in [5.74, 6) is 0.259. The van der Waals surface area contributed by atoms with Gasteiger partial charge in [-0.1, -0.05) is 34.1 Å². The highest BCUT2D eigenvalue weighted by Crippen LogP contribution is 2.21. The van der Waals surface area contributed by atoms with E-state index < -0.39 is 12.1 Å². The van der Waals surface area contributed by atoms with Gasteiger partial charge in [0.15, 0.2) is 0 Å². The molecule has 2 aromatic rings.